The Bertz CT molecular complexity index is 566. The normalized spacial score (nSPS) is 18.6. The third-order valence-corrected chi connectivity index (χ3v) is 5.90. The van der Waals surface area contributed by atoms with Crippen molar-refractivity contribution < 1.29 is 8.42 Å². The van der Waals surface area contributed by atoms with Crippen molar-refractivity contribution in [2.45, 2.75) is 37.5 Å². The Morgan fingerprint density at radius 1 is 1.37 bits per heavy atom. The predicted octanol–water partition coefficient (Wildman–Crippen LogP) is 2.89. The van der Waals surface area contributed by atoms with Crippen LogP contribution in [0.1, 0.15) is 32.6 Å². The van der Waals surface area contributed by atoms with E-state index in [-0.39, 0.29) is 10.3 Å². The Kier molecular flexibility index (Phi) is 4.23. The van der Waals surface area contributed by atoms with Gasteiger partial charge in [0.2, 0.25) is 10.0 Å². The van der Waals surface area contributed by atoms with E-state index >= 15 is 0 Å². The lowest BCUT2D eigenvalue weighted by Crippen LogP contribution is -2.34. The van der Waals surface area contributed by atoms with Crippen molar-refractivity contribution in [3.8, 4) is 0 Å². The molecule has 0 spiro atoms. The van der Waals surface area contributed by atoms with E-state index < -0.39 is 10.0 Å². The number of nitrogens with one attached hydrogen (secondary N) is 1. The van der Waals surface area contributed by atoms with Crippen molar-refractivity contribution in [3.63, 3.8) is 0 Å². The monoisotopic (exact) mass is 346 g/mol. The SMILES string of the molecule is CC1(CNS(=O)(=O)c2ccc(Br)c(N)c2)CCCC1. The second-order valence-electron chi connectivity index (χ2n) is 5.53. The lowest BCUT2D eigenvalue weighted by Gasteiger charge is -2.23. The Hall–Kier alpha value is -0.590. The van der Waals surface area contributed by atoms with Gasteiger partial charge in [-0.05, 0) is 52.4 Å². The summed E-state index contributed by atoms with van der Waals surface area (Å²) in [5.74, 6) is 0. The summed E-state index contributed by atoms with van der Waals surface area (Å²) in [7, 11) is -3.48. The van der Waals surface area contributed by atoms with Crippen LogP contribution in [0.2, 0.25) is 0 Å². The molecule has 2 rings (SSSR count). The van der Waals surface area contributed by atoms with Crippen LogP contribution in [-0.2, 0) is 10.0 Å². The summed E-state index contributed by atoms with van der Waals surface area (Å²) < 4.78 is 27.8. The zero-order chi connectivity index (χ0) is 14.1. The Balaban J connectivity index is 2.11. The first-order chi connectivity index (χ1) is 8.82. The molecule has 4 nitrogen and oxygen atoms in total. The molecular formula is C13H19BrN2O2S. The van der Waals surface area contributed by atoms with Crippen molar-refractivity contribution in [2.75, 3.05) is 12.3 Å². The van der Waals surface area contributed by atoms with E-state index in [1.807, 2.05) is 0 Å². The van der Waals surface area contributed by atoms with Gasteiger partial charge in [0.25, 0.3) is 0 Å². The minimum Gasteiger partial charge on any atom is -0.398 e. The number of nitrogen functional groups attached to an aromatic ring is 1. The van der Waals surface area contributed by atoms with Crippen LogP contribution in [0, 0.1) is 5.41 Å². The number of halogens is 1. The van der Waals surface area contributed by atoms with Crippen molar-refractivity contribution in [2.24, 2.45) is 5.41 Å². The molecule has 3 N–H and O–H groups in total. The molecule has 6 heteroatoms. The molecule has 0 saturated heterocycles. The average molecular weight is 347 g/mol. The Morgan fingerprint density at radius 2 is 2.00 bits per heavy atom. The molecule has 1 aromatic rings. The van der Waals surface area contributed by atoms with E-state index in [9.17, 15) is 8.42 Å². The molecular weight excluding hydrogens is 328 g/mol. The topological polar surface area (TPSA) is 72.2 Å². The molecule has 19 heavy (non-hydrogen) atoms. The zero-order valence-corrected chi connectivity index (χ0v) is 13.4. The average Bonchev–Trinajstić information content (AvgIpc) is 2.78. The molecule has 1 aromatic carbocycles. The number of rotatable bonds is 4. The van der Waals surface area contributed by atoms with Crippen molar-refractivity contribution in [1.82, 2.24) is 4.72 Å². The summed E-state index contributed by atoms with van der Waals surface area (Å²) in [5, 5.41) is 0. The van der Waals surface area contributed by atoms with Gasteiger partial charge in [0.05, 0.1) is 4.90 Å². The molecule has 0 radical (unpaired) electrons. The summed E-state index contributed by atoms with van der Waals surface area (Å²) in [6.45, 7) is 2.63. The number of benzene rings is 1. The quantitative estimate of drug-likeness (QED) is 0.823. The molecule has 0 amide bonds. The van der Waals surface area contributed by atoms with Gasteiger partial charge in [-0.2, -0.15) is 0 Å². The standard InChI is InChI=1S/C13H19BrN2O2S/c1-13(6-2-3-7-13)9-16-19(17,18)10-4-5-11(14)12(15)8-10/h4-5,8,16H,2-3,6-7,9,15H2,1H3. The van der Waals surface area contributed by atoms with Crippen LogP contribution in [0.25, 0.3) is 0 Å². The van der Waals surface area contributed by atoms with Crippen LogP contribution >= 0.6 is 15.9 Å². The molecule has 0 atom stereocenters. The van der Waals surface area contributed by atoms with Gasteiger partial charge >= 0.3 is 0 Å². The summed E-state index contributed by atoms with van der Waals surface area (Å²) in [5.41, 5.74) is 6.24. The summed E-state index contributed by atoms with van der Waals surface area (Å²) in [6, 6.07) is 4.68. The zero-order valence-electron chi connectivity index (χ0n) is 10.9. The van der Waals surface area contributed by atoms with E-state index in [1.165, 1.54) is 18.9 Å². The Labute approximate surface area is 122 Å². The van der Waals surface area contributed by atoms with E-state index in [4.69, 9.17) is 5.73 Å². The minimum absolute atomic E-state index is 0.0912. The molecule has 0 bridgehead atoms. The third kappa shape index (κ3) is 3.49. The van der Waals surface area contributed by atoms with Gasteiger partial charge < -0.3 is 5.73 Å². The molecule has 0 heterocycles. The molecule has 1 aliphatic carbocycles. The summed E-state index contributed by atoms with van der Waals surface area (Å²) in [6.07, 6.45) is 4.53. The lowest BCUT2D eigenvalue weighted by atomic mass is 9.89. The summed E-state index contributed by atoms with van der Waals surface area (Å²) >= 11 is 3.26. The number of hydrogen-bond donors (Lipinski definition) is 2. The number of sulfonamides is 1. The molecule has 1 aliphatic rings. The number of nitrogens with two attached hydrogens (primary N) is 1. The van der Waals surface area contributed by atoms with E-state index in [1.54, 1.807) is 12.1 Å². The highest BCUT2D eigenvalue weighted by molar-refractivity contribution is 9.10. The van der Waals surface area contributed by atoms with Gasteiger partial charge in [-0.25, -0.2) is 13.1 Å². The maximum absolute atomic E-state index is 12.2. The highest BCUT2D eigenvalue weighted by Crippen LogP contribution is 2.37. The van der Waals surface area contributed by atoms with Crippen LogP contribution in [0.3, 0.4) is 0 Å². The smallest absolute Gasteiger partial charge is 0.240 e. The minimum atomic E-state index is -3.48. The van der Waals surface area contributed by atoms with Crippen LogP contribution in [0.5, 0.6) is 0 Å². The third-order valence-electron chi connectivity index (χ3n) is 3.78. The van der Waals surface area contributed by atoms with Gasteiger partial charge in [0, 0.05) is 16.7 Å². The van der Waals surface area contributed by atoms with Gasteiger partial charge in [0.15, 0.2) is 0 Å². The van der Waals surface area contributed by atoms with E-state index in [0.29, 0.717) is 16.7 Å². The molecule has 1 saturated carbocycles. The van der Waals surface area contributed by atoms with Gasteiger partial charge in [0.1, 0.15) is 0 Å². The van der Waals surface area contributed by atoms with E-state index in [2.05, 4.69) is 27.6 Å². The molecule has 0 aromatic heterocycles. The molecule has 106 valence electrons. The van der Waals surface area contributed by atoms with Crippen LogP contribution in [-0.4, -0.2) is 15.0 Å². The van der Waals surface area contributed by atoms with E-state index in [0.717, 1.165) is 12.8 Å². The van der Waals surface area contributed by atoms with Crippen molar-refractivity contribution in [3.05, 3.63) is 22.7 Å². The van der Waals surface area contributed by atoms with Crippen LogP contribution < -0.4 is 10.5 Å². The highest BCUT2D eigenvalue weighted by Gasteiger charge is 2.30. The van der Waals surface area contributed by atoms with Gasteiger partial charge in [-0.15, -0.1) is 0 Å². The number of hydrogen-bond acceptors (Lipinski definition) is 3. The molecule has 0 unspecified atom stereocenters. The van der Waals surface area contributed by atoms with Crippen molar-refractivity contribution in [1.29, 1.82) is 0 Å². The van der Waals surface area contributed by atoms with Crippen molar-refractivity contribution >= 4 is 31.6 Å². The Morgan fingerprint density at radius 3 is 2.58 bits per heavy atom. The second kappa shape index (κ2) is 5.42. The lowest BCUT2D eigenvalue weighted by molar-refractivity contribution is 0.336. The number of anilines is 1. The molecule has 0 aliphatic heterocycles. The fourth-order valence-electron chi connectivity index (χ4n) is 2.45. The first kappa shape index (κ1) is 14.8. The maximum atomic E-state index is 12.2. The largest absolute Gasteiger partial charge is 0.398 e. The molecule has 1 fully saturated rings. The fourth-order valence-corrected chi connectivity index (χ4v) is 3.93. The first-order valence-corrected chi connectivity index (χ1v) is 8.65. The first-order valence-electron chi connectivity index (χ1n) is 6.37. The summed E-state index contributed by atoms with van der Waals surface area (Å²) in [4.78, 5) is 0.217. The maximum Gasteiger partial charge on any atom is 0.240 e. The second-order valence-corrected chi connectivity index (χ2v) is 8.15. The van der Waals surface area contributed by atoms with Gasteiger partial charge in [-0.1, -0.05) is 19.8 Å². The van der Waals surface area contributed by atoms with Gasteiger partial charge in [-0.3, -0.25) is 0 Å². The highest BCUT2D eigenvalue weighted by atomic mass is 79.9. The van der Waals surface area contributed by atoms with Crippen LogP contribution in [0.4, 0.5) is 5.69 Å². The fraction of sp³-hybridized carbons (Fsp3) is 0.538. The van der Waals surface area contributed by atoms with Crippen LogP contribution in [0.15, 0.2) is 27.6 Å². The predicted molar refractivity (Wildman–Crippen MR) is 80.3 cm³/mol.